The molecule has 1 heterocycles. The van der Waals surface area contributed by atoms with Gasteiger partial charge in [-0.1, -0.05) is 28.8 Å². The number of aromatic nitrogens is 1. The molecule has 0 radical (unpaired) electrons. The standard InChI is InChI=1S/C13H16BrNO/c14-11-3-4-15-13(8-11)16-12-6-9-1-2-10(5-9)7-12/h3-4,8-10,12H,1-2,5-7H2/t9-,10+,12?. The quantitative estimate of drug-likeness (QED) is 0.823. The number of hydrogen-bond donors (Lipinski definition) is 0. The Bertz CT molecular complexity index is 370. The first kappa shape index (κ1) is 10.6. The number of halogens is 1. The van der Waals surface area contributed by atoms with E-state index in [0.717, 1.165) is 22.2 Å². The number of nitrogens with zero attached hydrogens (tertiary/aromatic N) is 1. The summed E-state index contributed by atoms with van der Waals surface area (Å²) in [5.74, 6) is 2.59. The fourth-order valence-corrected chi connectivity index (χ4v) is 3.48. The van der Waals surface area contributed by atoms with Crippen LogP contribution in [0.1, 0.15) is 32.1 Å². The minimum Gasteiger partial charge on any atom is -0.474 e. The summed E-state index contributed by atoms with van der Waals surface area (Å²) in [6.45, 7) is 0. The van der Waals surface area contributed by atoms with Crippen LogP contribution in [0.4, 0.5) is 0 Å². The molecule has 86 valence electrons. The molecule has 1 aromatic rings. The van der Waals surface area contributed by atoms with Crippen LogP contribution in [-0.2, 0) is 0 Å². The van der Waals surface area contributed by atoms with Gasteiger partial charge in [-0.15, -0.1) is 0 Å². The summed E-state index contributed by atoms with van der Waals surface area (Å²) in [5.41, 5.74) is 0. The maximum Gasteiger partial charge on any atom is 0.214 e. The zero-order valence-corrected chi connectivity index (χ0v) is 10.8. The van der Waals surface area contributed by atoms with Crippen LogP contribution in [0.25, 0.3) is 0 Å². The smallest absolute Gasteiger partial charge is 0.214 e. The Kier molecular flexibility index (Phi) is 2.88. The maximum absolute atomic E-state index is 5.98. The van der Waals surface area contributed by atoms with Crippen LogP contribution in [0, 0.1) is 11.8 Å². The van der Waals surface area contributed by atoms with Crippen molar-refractivity contribution in [2.24, 2.45) is 11.8 Å². The van der Waals surface area contributed by atoms with Crippen molar-refractivity contribution in [3.05, 3.63) is 22.8 Å². The molecule has 0 spiro atoms. The van der Waals surface area contributed by atoms with Crippen LogP contribution in [0.2, 0.25) is 0 Å². The fourth-order valence-electron chi connectivity index (χ4n) is 3.16. The highest BCUT2D eigenvalue weighted by Gasteiger charge is 2.35. The molecule has 2 fully saturated rings. The largest absolute Gasteiger partial charge is 0.474 e. The predicted molar refractivity (Wildman–Crippen MR) is 66.4 cm³/mol. The van der Waals surface area contributed by atoms with E-state index in [9.17, 15) is 0 Å². The molecule has 0 aromatic carbocycles. The second-order valence-corrected chi connectivity index (χ2v) is 5.98. The number of rotatable bonds is 2. The van der Waals surface area contributed by atoms with Crippen molar-refractivity contribution in [1.29, 1.82) is 0 Å². The van der Waals surface area contributed by atoms with Gasteiger partial charge in [0.2, 0.25) is 5.88 Å². The Balaban J connectivity index is 1.67. The molecule has 2 aliphatic carbocycles. The van der Waals surface area contributed by atoms with E-state index in [0.29, 0.717) is 6.10 Å². The van der Waals surface area contributed by atoms with Crippen molar-refractivity contribution >= 4 is 15.9 Å². The van der Waals surface area contributed by atoms with Crippen molar-refractivity contribution in [1.82, 2.24) is 4.98 Å². The number of pyridine rings is 1. The molecule has 16 heavy (non-hydrogen) atoms. The molecule has 0 aliphatic heterocycles. The van der Waals surface area contributed by atoms with Gasteiger partial charge in [-0.05, 0) is 37.2 Å². The molecule has 0 amide bonds. The van der Waals surface area contributed by atoms with E-state index in [1.807, 2.05) is 12.1 Å². The lowest BCUT2D eigenvalue weighted by Gasteiger charge is -2.27. The van der Waals surface area contributed by atoms with Gasteiger partial charge in [0, 0.05) is 16.7 Å². The van der Waals surface area contributed by atoms with Gasteiger partial charge in [-0.3, -0.25) is 0 Å². The first-order valence-corrected chi connectivity index (χ1v) is 6.87. The molecule has 2 bridgehead atoms. The lowest BCUT2D eigenvalue weighted by Crippen LogP contribution is -2.26. The topological polar surface area (TPSA) is 22.1 Å². The van der Waals surface area contributed by atoms with Gasteiger partial charge in [0.15, 0.2) is 0 Å². The Morgan fingerprint density at radius 1 is 1.19 bits per heavy atom. The molecule has 2 aliphatic rings. The summed E-state index contributed by atoms with van der Waals surface area (Å²) in [5, 5.41) is 0. The third kappa shape index (κ3) is 2.24. The molecule has 3 heteroatoms. The van der Waals surface area contributed by atoms with Crippen LogP contribution in [-0.4, -0.2) is 11.1 Å². The molecule has 1 aromatic heterocycles. The highest BCUT2D eigenvalue weighted by molar-refractivity contribution is 9.10. The van der Waals surface area contributed by atoms with Gasteiger partial charge >= 0.3 is 0 Å². The van der Waals surface area contributed by atoms with Crippen LogP contribution >= 0.6 is 15.9 Å². The fraction of sp³-hybridized carbons (Fsp3) is 0.615. The molecule has 3 rings (SSSR count). The van der Waals surface area contributed by atoms with Crippen molar-refractivity contribution in [3.8, 4) is 5.88 Å². The predicted octanol–water partition coefficient (Wildman–Crippen LogP) is 3.80. The lowest BCUT2D eigenvalue weighted by atomic mass is 9.87. The molecule has 2 saturated carbocycles. The van der Waals surface area contributed by atoms with Crippen LogP contribution in [0.15, 0.2) is 22.8 Å². The maximum atomic E-state index is 5.98. The zero-order chi connectivity index (χ0) is 11.0. The number of ether oxygens (including phenoxy) is 1. The van der Waals surface area contributed by atoms with Crippen molar-refractivity contribution in [2.45, 2.75) is 38.2 Å². The summed E-state index contributed by atoms with van der Waals surface area (Å²) in [6, 6.07) is 3.88. The average molecular weight is 282 g/mol. The lowest BCUT2D eigenvalue weighted by molar-refractivity contribution is 0.114. The number of fused-ring (bicyclic) bond motifs is 2. The Hall–Kier alpha value is -0.570. The van der Waals surface area contributed by atoms with Crippen molar-refractivity contribution in [2.75, 3.05) is 0 Å². The Morgan fingerprint density at radius 2 is 1.94 bits per heavy atom. The van der Waals surface area contributed by atoms with Gasteiger partial charge in [0.1, 0.15) is 6.10 Å². The third-order valence-electron chi connectivity index (χ3n) is 3.83. The molecule has 0 N–H and O–H groups in total. The first-order valence-electron chi connectivity index (χ1n) is 6.08. The van der Waals surface area contributed by atoms with E-state index >= 15 is 0 Å². The SMILES string of the molecule is Brc1ccnc(OC2C[C@H]3CC[C@@H](C2)C3)c1. The van der Waals surface area contributed by atoms with E-state index in [1.165, 1.54) is 32.1 Å². The molecular formula is C13H16BrNO. The summed E-state index contributed by atoms with van der Waals surface area (Å²) < 4.78 is 7.01. The van der Waals surface area contributed by atoms with Crippen LogP contribution in [0.3, 0.4) is 0 Å². The second kappa shape index (κ2) is 4.36. The zero-order valence-electron chi connectivity index (χ0n) is 9.23. The summed E-state index contributed by atoms with van der Waals surface area (Å²) in [7, 11) is 0. The van der Waals surface area contributed by atoms with E-state index in [1.54, 1.807) is 6.20 Å². The van der Waals surface area contributed by atoms with Gasteiger partial charge in [0.25, 0.3) is 0 Å². The summed E-state index contributed by atoms with van der Waals surface area (Å²) in [6.07, 6.45) is 8.90. The van der Waals surface area contributed by atoms with Crippen LogP contribution in [0.5, 0.6) is 5.88 Å². The molecule has 3 atom stereocenters. The minimum absolute atomic E-state index is 0.396. The Morgan fingerprint density at radius 3 is 2.62 bits per heavy atom. The van der Waals surface area contributed by atoms with E-state index in [-0.39, 0.29) is 0 Å². The molecule has 2 nitrogen and oxygen atoms in total. The summed E-state index contributed by atoms with van der Waals surface area (Å²) in [4.78, 5) is 4.25. The molecular weight excluding hydrogens is 266 g/mol. The van der Waals surface area contributed by atoms with E-state index < -0.39 is 0 Å². The highest BCUT2D eigenvalue weighted by atomic mass is 79.9. The Labute approximate surface area is 105 Å². The molecule has 0 saturated heterocycles. The minimum atomic E-state index is 0.396. The molecule has 1 unspecified atom stereocenters. The van der Waals surface area contributed by atoms with E-state index in [2.05, 4.69) is 20.9 Å². The van der Waals surface area contributed by atoms with Gasteiger partial charge in [-0.25, -0.2) is 4.98 Å². The van der Waals surface area contributed by atoms with E-state index in [4.69, 9.17) is 4.74 Å². The average Bonchev–Trinajstić information content (AvgIpc) is 2.58. The third-order valence-corrected chi connectivity index (χ3v) is 4.32. The first-order chi connectivity index (χ1) is 7.79. The van der Waals surface area contributed by atoms with Gasteiger partial charge in [0.05, 0.1) is 0 Å². The normalized spacial score (nSPS) is 32.7. The monoisotopic (exact) mass is 281 g/mol. The number of hydrogen-bond acceptors (Lipinski definition) is 2. The van der Waals surface area contributed by atoms with Crippen molar-refractivity contribution < 1.29 is 4.74 Å². The highest BCUT2D eigenvalue weighted by Crippen LogP contribution is 2.42. The summed E-state index contributed by atoms with van der Waals surface area (Å²) >= 11 is 3.44. The second-order valence-electron chi connectivity index (χ2n) is 5.07. The van der Waals surface area contributed by atoms with Crippen molar-refractivity contribution in [3.63, 3.8) is 0 Å². The van der Waals surface area contributed by atoms with Crippen LogP contribution < -0.4 is 4.74 Å². The van der Waals surface area contributed by atoms with Gasteiger partial charge in [-0.2, -0.15) is 0 Å². The van der Waals surface area contributed by atoms with Gasteiger partial charge < -0.3 is 4.74 Å².